The number of halogens is 4. The van der Waals surface area contributed by atoms with Crippen molar-refractivity contribution in [1.82, 2.24) is 4.90 Å². The maximum Gasteiger partial charge on any atom is 0.419 e. The van der Waals surface area contributed by atoms with Gasteiger partial charge in [0.1, 0.15) is 6.61 Å². The van der Waals surface area contributed by atoms with Crippen molar-refractivity contribution < 1.29 is 32.3 Å². The van der Waals surface area contributed by atoms with E-state index in [9.17, 15) is 27.6 Å². The van der Waals surface area contributed by atoms with Gasteiger partial charge < -0.3 is 4.74 Å². The molecular formula is C13H8ClF3N2O4. The zero-order valence-corrected chi connectivity index (χ0v) is 12.2. The van der Waals surface area contributed by atoms with Gasteiger partial charge in [0.2, 0.25) is 0 Å². The van der Waals surface area contributed by atoms with Crippen molar-refractivity contribution >= 4 is 35.3 Å². The SMILES string of the molecule is CC12COC(=O)N1C(=O)N(c1ccc(Cl)c(C(F)(F)F)c1)C2=O. The van der Waals surface area contributed by atoms with Crippen molar-refractivity contribution in [3.05, 3.63) is 28.8 Å². The maximum atomic E-state index is 12.9. The Bertz CT molecular complexity index is 751. The summed E-state index contributed by atoms with van der Waals surface area (Å²) in [5.74, 6) is -0.844. The summed E-state index contributed by atoms with van der Waals surface area (Å²) in [6, 6.07) is 1.57. The third kappa shape index (κ3) is 2.07. The summed E-state index contributed by atoms with van der Waals surface area (Å²) in [7, 11) is 0. The van der Waals surface area contributed by atoms with Gasteiger partial charge in [0, 0.05) is 0 Å². The second kappa shape index (κ2) is 4.60. The van der Waals surface area contributed by atoms with Crippen LogP contribution in [0, 0.1) is 0 Å². The van der Waals surface area contributed by atoms with E-state index >= 15 is 0 Å². The van der Waals surface area contributed by atoms with E-state index in [4.69, 9.17) is 11.6 Å². The molecule has 122 valence electrons. The summed E-state index contributed by atoms with van der Waals surface area (Å²) in [5.41, 5.74) is -3.07. The van der Waals surface area contributed by atoms with Gasteiger partial charge in [-0.15, -0.1) is 0 Å². The Hall–Kier alpha value is -2.29. The quantitative estimate of drug-likeness (QED) is 0.732. The third-order valence-electron chi connectivity index (χ3n) is 3.71. The average Bonchev–Trinajstić information content (AvgIpc) is 2.85. The molecular weight excluding hydrogens is 341 g/mol. The number of benzene rings is 1. The van der Waals surface area contributed by atoms with Crippen LogP contribution in [0.2, 0.25) is 5.02 Å². The van der Waals surface area contributed by atoms with Crippen LogP contribution in [0.3, 0.4) is 0 Å². The Kier molecular flexibility index (Phi) is 3.12. The van der Waals surface area contributed by atoms with Gasteiger partial charge in [0.05, 0.1) is 16.3 Å². The standard InChI is InChI=1S/C13H8ClF3N2O4/c1-12-5-23-11(22)19(12)10(21)18(9(12)20)6-2-3-8(14)7(4-6)13(15,16)17/h2-4H,5H2,1H3. The Morgan fingerprint density at radius 2 is 1.91 bits per heavy atom. The number of carbonyl (C=O) groups is 3. The van der Waals surface area contributed by atoms with E-state index in [1.54, 1.807) is 0 Å². The van der Waals surface area contributed by atoms with Crippen LogP contribution in [0.1, 0.15) is 12.5 Å². The van der Waals surface area contributed by atoms with Crippen molar-refractivity contribution in [2.24, 2.45) is 0 Å². The number of ether oxygens (including phenoxy) is 1. The summed E-state index contributed by atoms with van der Waals surface area (Å²) in [5, 5.41) is -0.563. The first-order chi connectivity index (χ1) is 10.6. The smallest absolute Gasteiger partial charge is 0.419 e. The zero-order valence-electron chi connectivity index (χ0n) is 11.5. The molecule has 0 aliphatic carbocycles. The number of urea groups is 1. The fourth-order valence-electron chi connectivity index (χ4n) is 2.50. The first-order valence-corrected chi connectivity index (χ1v) is 6.67. The van der Waals surface area contributed by atoms with Gasteiger partial charge in [-0.25, -0.2) is 19.4 Å². The van der Waals surface area contributed by atoms with Crippen LogP contribution in [-0.2, 0) is 15.7 Å². The van der Waals surface area contributed by atoms with Gasteiger partial charge in [-0.1, -0.05) is 11.6 Å². The van der Waals surface area contributed by atoms with Gasteiger partial charge in [-0.05, 0) is 25.1 Å². The van der Waals surface area contributed by atoms with E-state index < -0.39 is 40.3 Å². The predicted molar refractivity (Wildman–Crippen MR) is 70.9 cm³/mol. The monoisotopic (exact) mass is 348 g/mol. The lowest BCUT2D eigenvalue weighted by Crippen LogP contribution is -2.45. The lowest BCUT2D eigenvalue weighted by atomic mass is 10.0. The Balaban J connectivity index is 2.09. The second-order valence-electron chi connectivity index (χ2n) is 5.25. The van der Waals surface area contributed by atoms with E-state index in [1.807, 2.05) is 0 Å². The van der Waals surface area contributed by atoms with Crippen molar-refractivity contribution in [2.75, 3.05) is 11.5 Å². The molecule has 0 aromatic heterocycles. The molecule has 1 aromatic carbocycles. The molecule has 1 atom stereocenters. The zero-order chi connectivity index (χ0) is 17.2. The van der Waals surface area contributed by atoms with Crippen LogP contribution in [0.25, 0.3) is 0 Å². The van der Waals surface area contributed by atoms with Crippen molar-refractivity contribution in [3.63, 3.8) is 0 Å². The Morgan fingerprint density at radius 3 is 2.48 bits per heavy atom. The number of alkyl halides is 3. The van der Waals surface area contributed by atoms with Gasteiger partial charge >= 0.3 is 18.3 Å². The summed E-state index contributed by atoms with van der Waals surface area (Å²) >= 11 is 5.51. The predicted octanol–water partition coefficient (Wildman–Crippen LogP) is 3.04. The highest BCUT2D eigenvalue weighted by Crippen LogP contribution is 2.40. The van der Waals surface area contributed by atoms with Crippen LogP contribution in [0.5, 0.6) is 0 Å². The molecule has 10 heteroatoms. The van der Waals surface area contributed by atoms with Crippen molar-refractivity contribution in [2.45, 2.75) is 18.6 Å². The number of hydrogen-bond donors (Lipinski definition) is 0. The minimum absolute atomic E-state index is 0.319. The normalized spacial score (nSPS) is 24.3. The summed E-state index contributed by atoms with van der Waals surface area (Å²) in [6.07, 6.45) is -5.77. The number of amides is 4. The van der Waals surface area contributed by atoms with Crippen molar-refractivity contribution in [1.29, 1.82) is 0 Å². The van der Waals surface area contributed by atoms with E-state index in [2.05, 4.69) is 4.74 Å². The highest BCUT2D eigenvalue weighted by molar-refractivity contribution is 6.32. The van der Waals surface area contributed by atoms with Gasteiger partial charge in [0.15, 0.2) is 5.54 Å². The first-order valence-electron chi connectivity index (χ1n) is 6.29. The number of anilines is 1. The van der Waals surface area contributed by atoms with E-state index in [0.717, 1.165) is 12.1 Å². The van der Waals surface area contributed by atoms with E-state index in [1.165, 1.54) is 6.92 Å². The molecule has 2 aliphatic rings. The molecule has 2 aliphatic heterocycles. The number of rotatable bonds is 1. The number of fused-ring (bicyclic) bond motifs is 1. The minimum atomic E-state index is -4.75. The largest absolute Gasteiger partial charge is 0.446 e. The molecule has 1 unspecified atom stereocenters. The molecule has 0 radical (unpaired) electrons. The number of imide groups is 2. The Morgan fingerprint density at radius 1 is 1.26 bits per heavy atom. The van der Waals surface area contributed by atoms with Gasteiger partial charge in [0.25, 0.3) is 5.91 Å². The van der Waals surface area contributed by atoms with Gasteiger partial charge in [-0.3, -0.25) is 4.79 Å². The van der Waals surface area contributed by atoms with Crippen LogP contribution in [-0.4, -0.2) is 35.1 Å². The van der Waals surface area contributed by atoms with Crippen LogP contribution in [0.4, 0.5) is 28.4 Å². The highest BCUT2D eigenvalue weighted by atomic mass is 35.5. The lowest BCUT2D eigenvalue weighted by Gasteiger charge is -2.18. The van der Waals surface area contributed by atoms with Crippen molar-refractivity contribution in [3.8, 4) is 0 Å². The van der Waals surface area contributed by atoms with Crippen LogP contribution >= 0.6 is 11.6 Å². The molecule has 23 heavy (non-hydrogen) atoms. The molecule has 0 saturated carbocycles. The van der Waals surface area contributed by atoms with Crippen LogP contribution < -0.4 is 4.90 Å². The van der Waals surface area contributed by atoms with E-state index in [0.29, 0.717) is 15.9 Å². The fraction of sp³-hybridized carbons (Fsp3) is 0.308. The van der Waals surface area contributed by atoms with E-state index in [-0.39, 0.29) is 12.3 Å². The number of hydrogen-bond acceptors (Lipinski definition) is 4. The maximum absolute atomic E-state index is 12.9. The molecule has 2 fully saturated rings. The molecule has 0 spiro atoms. The molecule has 0 bridgehead atoms. The molecule has 2 heterocycles. The highest BCUT2D eigenvalue weighted by Gasteiger charge is 2.63. The van der Waals surface area contributed by atoms with Gasteiger partial charge in [-0.2, -0.15) is 13.2 Å². The topological polar surface area (TPSA) is 66.9 Å². The molecule has 6 nitrogen and oxygen atoms in total. The summed E-state index contributed by atoms with van der Waals surface area (Å²) < 4.78 is 43.4. The molecule has 1 aromatic rings. The molecule has 0 N–H and O–H groups in total. The minimum Gasteiger partial charge on any atom is -0.446 e. The number of nitrogens with zero attached hydrogens (tertiary/aromatic N) is 2. The number of carbonyl (C=O) groups excluding carboxylic acids is 3. The number of cyclic esters (lactones) is 1. The van der Waals surface area contributed by atoms with Crippen LogP contribution in [0.15, 0.2) is 18.2 Å². The summed E-state index contributed by atoms with van der Waals surface area (Å²) in [4.78, 5) is 37.4. The molecule has 4 amide bonds. The lowest BCUT2D eigenvalue weighted by molar-refractivity contribution is -0.137. The molecule has 3 rings (SSSR count). The summed E-state index contributed by atoms with van der Waals surface area (Å²) in [6.45, 7) is 0.950. The second-order valence-corrected chi connectivity index (χ2v) is 5.66. The third-order valence-corrected chi connectivity index (χ3v) is 4.04. The Labute approximate surface area is 132 Å². The fourth-order valence-corrected chi connectivity index (χ4v) is 2.73. The average molecular weight is 349 g/mol. The first kappa shape index (κ1) is 15.6. The molecule has 2 saturated heterocycles.